The van der Waals surface area contributed by atoms with Crippen molar-refractivity contribution in [3.63, 3.8) is 0 Å². The number of carbonyl (C=O) groups is 2. The third-order valence-corrected chi connectivity index (χ3v) is 9.56. The van der Waals surface area contributed by atoms with Crippen molar-refractivity contribution in [3.05, 3.63) is 128 Å². The summed E-state index contributed by atoms with van der Waals surface area (Å²) in [5, 5.41) is 2.77. The highest BCUT2D eigenvalue weighted by Crippen LogP contribution is 2.37. The first kappa shape index (κ1) is 36.0. The SMILES string of the molecule is CCOC(=O)C[C@@H]1NC(=O)C(n2cc(CCN3CC(F)C3)c(C(F)(F)F)cc2=O)c2cccc(c2)Cc2cccc(C)c2-c2cc(C)c(F)c1c2. The Balaban J connectivity index is 1.55. The van der Waals surface area contributed by atoms with Crippen molar-refractivity contribution in [1.29, 1.82) is 0 Å². The third-order valence-electron chi connectivity index (χ3n) is 9.56. The van der Waals surface area contributed by atoms with Crippen molar-refractivity contribution in [2.75, 3.05) is 26.2 Å². The zero-order valence-electron chi connectivity index (χ0n) is 28.4. The fourth-order valence-electron chi connectivity index (χ4n) is 7.12. The minimum atomic E-state index is -4.87. The second-order valence-corrected chi connectivity index (χ2v) is 13.3. The minimum Gasteiger partial charge on any atom is -0.466 e. The zero-order chi connectivity index (χ0) is 36.6. The average molecular weight is 708 g/mol. The summed E-state index contributed by atoms with van der Waals surface area (Å²) in [7, 11) is 0. The Morgan fingerprint density at radius 3 is 2.45 bits per heavy atom. The number of likely N-dealkylation sites (tertiary alicyclic amines) is 1. The number of halogens is 5. The lowest BCUT2D eigenvalue weighted by molar-refractivity contribution is -0.144. The first-order valence-corrected chi connectivity index (χ1v) is 16.9. The Bertz CT molecular complexity index is 2040. The summed E-state index contributed by atoms with van der Waals surface area (Å²) in [6.45, 7) is 5.49. The van der Waals surface area contributed by atoms with Crippen LogP contribution < -0.4 is 10.9 Å². The van der Waals surface area contributed by atoms with Gasteiger partial charge in [0.15, 0.2) is 0 Å². The molecule has 4 bridgehead atoms. The molecule has 2 atom stereocenters. The molecular weight excluding hydrogens is 669 g/mol. The van der Waals surface area contributed by atoms with Crippen LogP contribution in [0.4, 0.5) is 22.0 Å². The van der Waals surface area contributed by atoms with E-state index in [4.69, 9.17) is 4.74 Å². The maximum atomic E-state index is 16.1. The van der Waals surface area contributed by atoms with Crippen molar-refractivity contribution in [1.82, 2.24) is 14.8 Å². The number of esters is 1. The largest absolute Gasteiger partial charge is 0.466 e. The lowest BCUT2D eigenvalue weighted by Gasteiger charge is -2.34. The number of hydrogen-bond acceptors (Lipinski definition) is 5. The molecule has 3 aromatic carbocycles. The Kier molecular flexibility index (Phi) is 10.2. The van der Waals surface area contributed by atoms with Gasteiger partial charge in [-0.3, -0.25) is 23.9 Å². The zero-order valence-corrected chi connectivity index (χ0v) is 28.4. The van der Waals surface area contributed by atoms with E-state index in [0.29, 0.717) is 23.6 Å². The summed E-state index contributed by atoms with van der Waals surface area (Å²) >= 11 is 0. The van der Waals surface area contributed by atoms with Crippen LogP contribution in [-0.4, -0.2) is 53.8 Å². The molecule has 0 radical (unpaired) electrons. The highest BCUT2D eigenvalue weighted by atomic mass is 19.4. The molecule has 1 N–H and O–H groups in total. The van der Waals surface area contributed by atoms with E-state index < -0.39 is 59.7 Å². The van der Waals surface area contributed by atoms with Crippen LogP contribution in [0.15, 0.2) is 71.7 Å². The number of nitrogens with zero attached hydrogens (tertiary/aromatic N) is 2. The minimum absolute atomic E-state index is 0.0199. The molecular formula is C39H38F5N3O4. The molecule has 1 fully saturated rings. The van der Waals surface area contributed by atoms with E-state index in [-0.39, 0.29) is 49.4 Å². The number of amides is 1. The smallest absolute Gasteiger partial charge is 0.416 e. The number of aryl methyl sites for hydroxylation is 2. The van der Waals surface area contributed by atoms with Gasteiger partial charge in [-0.15, -0.1) is 0 Å². The summed E-state index contributed by atoms with van der Waals surface area (Å²) in [5.74, 6) is -2.20. The van der Waals surface area contributed by atoms with Crippen molar-refractivity contribution >= 4 is 11.9 Å². The molecule has 2 aliphatic rings. The molecule has 268 valence electrons. The van der Waals surface area contributed by atoms with Crippen LogP contribution in [-0.2, 0) is 33.3 Å². The lowest BCUT2D eigenvalue weighted by atomic mass is 9.88. The molecule has 12 heteroatoms. The third kappa shape index (κ3) is 7.61. The average Bonchev–Trinajstić information content (AvgIpc) is 3.04. The van der Waals surface area contributed by atoms with Gasteiger partial charge in [-0.2, -0.15) is 13.2 Å². The van der Waals surface area contributed by atoms with Crippen molar-refractivity contribution in [3.8, 4) is 11.1 Å². The van der Waals surface area contributed by atoms with Gasteiger partial charge < -0.3 is 10.1 Å². The molecule has 1 amide bonds. The number of aromatic nitrogens is 1. The topological polar surface area (TPSA) is 80.6 Å². The number of ether oxygens (including phenoxy) is 1. The van der Waals surface area contributed by atoms with Gasteiger partial charge >= 0.3 is 12.1 Å². The molecule has 7 nitrogen and oxygen atoms in total. The number of nitrogens with one attached hydrogen (secondary N) is 1. The molecule has 1 aromatic heterocycles. The van der Waals surface area contributed by atoms with Gasteiger partial charge in [0.2, 0.25) is 5.91 Å². The standard InChI is InChI=1S/C39H38F5N3O4/c1-4-51-34(49)18-32-30-16-28(13-23(3)36(30)41)35-22(2)7-5-9-25(35)14-24-8-6-10-26(15-24)37(38(50)45-32)47-19-27(11-12-46-20-29(40)21-46)31(17-33(47)48)39(42,43)44/h5-10,13,15-17,19,29,32,37H,4,11-12,14,18,20-21H2,1-3H3,(H,45,50)/t32-,37?/m0/s1. The lowest BCUT2D eigenvalue weighted by Crippen LogP contribution is -2.49. The van der Waals surface area contributed by atoms with Crippen molar-refractivity contribution < 1.29 is 36.3 Å². The molecule has 0 aliphatic carbocycles. The van der Waals surface area contributed by atoms with Crippen molar-refractivity contribution in [2.24, 2.45) is 0 Å². The fourth-order valence-corrected chi connectivity index (χ4v) is 7.12. The fraction of sp³-hybridized carbons (Fsp3) is 0.359. The van der Waals surface area contributed by atoms with E-state index >= 15 is 4.39 Å². The quantitative estimate of drug-likeness (QED) is 0.169. The molecule has 1 unspecified atom stereocenters. The van der Waals surface area contributed by atoms with Crippen LogP contribution in [0.25, 0.3) is 11.1 Å². The van der Waals surface area contributed by atoms with Crippen LogP contribution in [0.1, 0.15) is 69.9 Å². The molecule has 6 rings (SSSR count). The van der Waals surface area contributed by atoms with Gasteiger partial charge in [-0.25, -0.2) is 8.78 Å². The van der Waals surface area contributed by atoms with Crippen molar-refractivity contribution in [2.45, 2.75) is 64.5 Å². The van der Waals surface area contributed by atoms with Crippen LogP contribution in [0.2, 0.25) is 0 Å². The van der Waals surface area contributed by atoms with Crippen LogP contribution in [0, 0.1) is 19.7 Å². The monoisotopic (exact) mass is 707 g/mol. The number of carbonyl (C=O) groups excluding carboxylic acids is 2. The number of hydrogen-bond donors (Lipinski definition) is 1. The summed E-state index contributed by atoms with van der Waals surface area (Å²) in [5.41, 5.74) is 2.25. The van der Waals surface area contributed by atoms with Gasteiger partial charge in [0.05, 0.1) is 24.6 Å². The maximum Gasteiger partial charge on any atom is 0.416 e. The molecule has 3 heterocycles. The second-order valence-electron chi connectivity index (χ2n) is 13.3. The van der Waals surface area contributed by atoms with E-state index in [1.54, 1.807) is 49.1 Å². The predicted octanol–water partition coefficient (Wildman–Crippen LogP) is 6.79. The molecule has 2 aliphatic heterocycles. The Hall–Kier alpha value is -4.84. The Morgan fingerprint density at radius 2 is 1.75 bits per heavy atom. The number of fused-ring (bicyclic) bond motifs is 6. The molecule has 0 spiro atoms. The van der Waals surface area contributed by atoms with E-state index in [2.05, 4.69) is 5.32 Å². The normalized spacial score (nSPS) is 18.1. The number of alkyl halides is 4. The Labute approximate surface area is 292 Å². The van der Waals surface area contributed by atoms with E-state index in [0.717, 1.165) is 33.0 Å². The van der Waals surface area contributed by atoms with E-state index in [9.17, 15) is 31.9 Å². The number of pyridine rings is 1. The summed E-state index contributed by atoms with van der Waals surface area (Å²) < 4.78 is 78.5. The molecule has 0 saturated carbocycles. The van der Waals surface area contributed by atoms with Crippen LogP contribution >= 0.6 is 0 Å². The van der Waals surface area contributed by atoms with Gasteiger partial charge in [-0.1, -0.05) is 42.5 Å². The van der Waals surface area contributed by atoms with E-state index in [1.807, 2.05) is 31.2 Å². The van der Waals surface area contributed by atoms with Gasteiger partial charge in [-0.05, 0) is 90.3 Å². The predicted molar refractivity (Wildman–Crippen MR) is 182 cm³/mol. The Morgan fingerprint density at radius 1 is 1.00 bits per heavy atom. The summed E-state index contributed by atoms with van der Waals surface area (Å²) in [6.07, 6.45) is -5.10. The molecule has 4 aromatic rings. The maximum absolute atomic E-state index is 16.1. The first-order valence-electron chi connectivity index (χ1n) is 16.9. The van der Waals surface area contributed by atoms with Crippen LogP contribution in [0.5, 0.6) is 0 Å². The number of rotatable bonds is 7. The molecule has 51 heavy (non-hydrogen) atoms. The first-order chi connectivity index (χ1) is 24.2. The van der Waals surface area contributed by atoms with Crippen LogP contribution in [0.3, 0.4) is 0 Å². The summed E-state index contributed by atoms with van der Waals surface area (Å²) in [6, 6.07) is 13.7. The van der Waals surface area contributed by atoms with Gasteiger partial charge in [0.1, 0.15) is 18.0 Å². The van der Waals surface area contributed by atoms with E-state index in [1.165, 1.54) is 0 Å². The van der Waals surface area contributed by atoms with Gasteiger partial charge in [0, 0.05) is 37.5 Å². The number of benzene rings is 3. The molecule has 1 saturated heterocycles. The second kappa shape index (κ2) is 14.4. The van der Waals surface area contributed by atoms with Gasteiger partial charge in [0.25, 0.3) is 5.56 Å². The summed E-state index contributed by atoms with van der Waals surface area (Å²) in [4.78, 5) is 42.7. The highest BCUT2D eigenvalue weighted by molar-refractivity contribution is 5.85. The highest BCUT2D eigenvalue weighted by Gasteiger charge is 2.37.